The van der Waals surface area contributed by atoms with Gasteiger partial charge in [-0.15, -0.1) is 24.0 Å². The van der Waals surface area contributed by atoms with Crippen molar-refractivity contribution in [2.45, 2.75) is 45.2 Å². The highest BCUT2D eigenvalue weighted by Crippen LogP contribution is 2.14. The van der Waals surface area contributed by atoms with Gasteiger partial charge in [-0.2, -0.15) is 11.8 Å². The maximum atomic E-state index is 13.0. The van der Waals surface area contributed by atoms with E-state index in [2.05, 4.69) is 28.7 Å². The number of hydrogen-bond donors (Lipinski definition) is 2. The molecular weight excluding hydrogens is 474 g/mol. The standard InChI is InChI=1S/C20H33FN4S.HI/c1-3-22-20(23-12-4-5-15-26-2)24-19-10-13-25(14-11-19)16-17-6-8-18(21)9-7-17;/h6-9,19H,3-5,10-16H2,1-2H3,(H2,22,23,24);1H. The van der Waals surface area contributed by atoms with Crippen LogP contribution in [0.25, 0.3) is 0 Å². The van der Waals surface area contributed by atoms with Crippen LogP contribution < -0.4 is 10.6 Å². The fraction of sp³-hybridized carbons (Fsp3) is 0.650. The molecule has 27 heavy (non-hydrogen) atoms. The maximum absolute atomic E-state index is 13.0. The second-order valence-electron chi connectivity index (χ2n) is 6.78. The summed E-state index contributed by atoms with van der Waals surface area (Å²) in [6.45, 7) is 6.90. The summed E-state index contributed by atoms with van der Waals surface area (Å²) in [5.74, 6) is 2.00. The molecule has 7 heteroatoms. The highest BCUT2D eigenvalue weighted by molar-refractivity contribution is 14.0. The van der Waals surface area contributed by atoms with Gasteiger partial charge in [0.25, 0.3) is 0 Å². The molecule has 0 amide bonds. The minimum absolute atomic E-state index is 0. The molecule has 0 aromatic heterocycles. The minimum Gasteiger partial charge on any atom is -0.357 e. The first-order chi connectivity index (χ1) is 12.7. The number of benzene rings is 1. The van der Waals surface area contributed by atoms with Crippen molar-refractivity contribution in [1.29, 1.82) is 0 Å². The summed E-state index contributed by atoms with van der Waals surface area (Å²) in [4.78, 5) is 7.15. The lowest BCUT2D eigenvalue weighted by molar-refractivity contribution is 0.198. The number of hydrogen-bond acceptors (Lipinski definition) is 3. The smallest absolute Gasteiger partial charge is 0.191 e. The summed E-state index contributed by atoms with van der Waals surface area (Å²) < 4.78 is 13.0. The molecule has 2 N–H and O–H groups in total. The van der Waals surface area contributed by atoms with Crippen molar-refractivity contribution >= 4 is 41.7 Å². The summed E-state index contributed by atoms with van der Waals surface area (Å²) in [5, 5.41) is 6.96. The number of unbranched alkanes of at least 4 members (excludes halogenated alkanes) is 1. The van der Waals surface area contributed by atoms with Crippen molar-refractivity contribution in [2.24, 2.45) is 4.99 Å². The van der Waals surface area contributed by atoms with E-state index < -0.39 is 0 Å². The van der Waals surface area contributed by atoms with Crippen LogP contribution in [0.3, 0.4) is 0 Å². The molecule has 4 nitrogen and oxygen atoms in total. The SMILES string of the molecule is CCNC(=NCCCCSC)NC1CCN(Cc2ccc(F)cc2)CC1.I. The van der Waals surface area contributed by atoms with E-state index >= 15 is 0 Å². The summed E-state index contributed by atoms with van der Waals surface area (Å²) in [7, 11) is 0. The van der Waals surface area contributed by atoms with Gasteiger partial charge in [0.2, 0.25) is 0 Å². The molecule has 1 saturated heterocycles. The molecule has 1 aliphatic rings. The maximum Gasteiger partial charge on any atom is 0.191 e. The van der Waals surface area contributed by atoms with Crippen LogP contribution in [0, 0.1) is 5.82 Å². The second kappa shape index (κ2) is 14.5. The Balaban J connectivity index is 0.00000364. The molecule has 0 radical (unpaired) electrons. The number of halogens is 2. The fourth-order valence-electron chi connectivity index (χ4n) is 3.15. The summed E-state index contributed by atoms with van der Waals surface area (Å²) in [5.41, 5.74) is 1.18. The van der Waals surface area contributed by atoms with Crippen LogP contribution in [0.5, 0.6) is 0 Å². The predicted octanol–water partition coefficient (Wildman–Crippen LogP) is 4.11. The van der Waals surface area contributed by atoms with E-state index in [1.807, 2.05) is 23.9 Å². The quantitative estimate of drug-likeness (QED) is 0.228. The van der Waals surface area contributed by atoms with Gasteiger partial charge in [-0.3, -0.25) is 9.89 Å². The van der Waals surface area contributed by atoms with E-state index in [9.17, 15) is 4.39 Å². The van der Waals surface area contributed by atoms with Crippen molar-refractivity contribution in [3.63, 3.8) is 0 Å². The molecule has 1 aliphatic heterocycles. The van der Waals surface area contributed by atoms with Crippen LogP contribution in [0.4, 0.5) is 4.39 Å². The zero-order valence-electron chi connectivity index (χ0n) is 16.5. The third-order valence-electron chi connectivity index (χ3n) is 4.62. The van der Waals surface area contributed by atoms with Gasteiger partial charge in [0.1, 0.15) is 5.82 Å². The lowest BCUT2D eigenvalue weighted by Crippen LogP contribution is -2.48. The minimum atomic E-state index is -0.166. The number of nitrogens with one attached hydrogen (secondary N) is 2. The second-order valence-corrected chi connectivity index (χ2v) is 7.77. The van der Waals surface area contributed by atoms with E-state index in [0.717, 1.165) is 57.9 Å². The Bertz CT molecular complexity index is 533. The molecule has 0 spiro atoms. The lowest BCUT2D eigenvalue weighted by Gasteiger charge is -2.33. The van der Waals surface area contributed by atoms with E-state index in [1.54, 1.807) is 12.1 Å². The van der Waals surface area contributed by atoms with Crippen molar-refractivity contribution in [3.05, 3.63) is 35.6 Å². The molecular formula is C20H34FIN4S. The fourth-order valence-corrected chi connectivity index (χ4v) is 3.64. The summed E-state index contributed by atoms with van der Waals surface area (Å²) in [6.07, 6.45) is 6.74. The first kappa shape index (κ1) is 24.5. The predicted molar refractivity (Wildman–Crippen MR) is 127 cm³/mol. The average molecular weight is 508 g/mol. The number of piperidine rings is 1. The third-order valence-corrected chi connectivity index (χ3v) is 5.32. The number of thioether (sulfide) groups is 1. The van der Waals surface area contributed by atoms with E-state index in [-0.39, 0.29) is 29.8 Å². The topological polar surface area (TPSA) is 39.7 Å². The molecule has 154 valence electrons. The Labute approximate surface area is 185 Å². The van der Waals surface area contributed by atoms with Gasteiger partial charge in [0.05, 0.1) is 0 Å². The molecule has 1 aromatic rings. The largest absolute Gasteiger partial charge is 0.357 e. The highest BCUT2D eigenvalue weighted by Gasteiger charge is 2.20. The Morgan fingerprint density at radius 3 is 2.56 bits per heavy atom. The molecule has 0 atom stereocenters. The highest BCUT2D eigenvalue weighted by atomic mass is 127. The number of guanidine groups is 1. The molecule has 0 unspecified atom stereocenters. The third kappa shape index (κ3) is 9.99. The monoisotopic (exact) mass is 508 g/mol. The molecule has 0 bridgehead atoms. The normalized spacial score (nSPS) is 16.0. The van der Waals surface area contributed by atoms with E-state index in [4.69, 9.17) is 4.99 Å². The Morgan fingerprint density at radius 2 is 1.93 bits per heavy atom. The Kier molecular flexibility index (Phi) is 13.1. The van der Waals surface area contributed by atoms with Crippen LogP contribution in [0.1, 0.15) is 38.2 Å². The van der Waals surface area contributed by atoms with Crippen LogP contribution in [0.2, 0.25) is 0 Å². The number of likely N-dealkylation sites (tertiary alicyclic amines) is 1. The summed E-state index contributed by atoms with van der Waals surface area (Å²) in [6, 6.07) is 7.33. The van der Waals surface area contributed by atoms with Gasteiger partial charge in [-0.05, 0) is 62.3 Å². The number of nitrogens with zero attached hydrogens (tertiary/aromatic N) is 2. The zero-order chi connectivity index (χ0) is 18.6. The van der Waals surface area contributed by atoms with E-state index in [0.29, 0.717) is 6.04 Å². The molecule has 1 heterocycles. The first-order valence-electron chi connectivity index (χ1n) is 9.72. The Morgan fingerprint density at radius 1 is 1.22 bits per heavy atom. The van der Waals surface area contributed by atoms with Crippen LogP contribution in [-0.2, 0) is 6.54 Å². The van der Waals surface area contributed by atoms with E-state index in [1.165, 1.54) is 17.7 Å². The van der Waals surface area contributed by atoms with Crippen molar-refractivity contribution in [2.75, 3.05) is 38.2 Å². The van der Waals surface area contributed by atoms with Crippen molar-refractivity contribution < 1.29 is 4.39 Å². The van der Waals surface area contributed by atoms with Gasteiger partial charge in [-0.25, -0.2) is 4.39 Å². The average Bonchev–Trinajstić information content (AvgIpc) is 2.65. The van der Waals surface area contributed by atoms with Gasteiger partial charge < -0.3 is 10.6 Å². The molecule has 0 aliphatic carbocycles. The summed E-state index contributed by atoms with van der Waals surface area (Å²) >= 11 is 1.90. The van der Waals surface area contributed by atoms with Crippen molar-refractivity contribution in [1.82, 2.24) is 15.5 Å². The van der Waals surface area contributed by atoms with Crippen LogP contribution in [0.15, 0.2) is 29.3 Å². The Hall–Kier alpha value is -0.540. The molecule has 2 rings (SSSR count). The molecule has 1 aromatic carbocycles. The van der Waals surface area contributed by atoms with Gasteiger partial charge in [0.15, 0.2) is 5.96 Å². The molecule has 1 fully saturated rings. The lowest BCUT2D eigenvalue weighted by atomic mass is 10.0. The van der Waals surface area contributed by atoms with Crippen LogP contribution >= 0.6 is 35.7 Å². The molecule has 0 saturated carbocycles. The van der Waals surface area contributed by atoms with Gasteiger partial charge in [0, 0.05) is 38.8 Å². The number of rotatable bonds is 9. The van der Waals surface area contributed by atoms with Crippen LogP contribution in [-0.4, -0.2) is 55.1 Å². The van der Waals surface area contributed by atoms with Gasteiger partial charge >= 0.3 is 0 Å². The first-order valence-corrected chi connectivity index (χ1v) is 11.1. The number of aliphatic imine (C=N–C) groups is 1. The van der Waals surface area contributed by atoms with Crippen molar-refractivity contribution in [3.8, 4) is 0 Å². The zero-order valence-corrected chi connectivity index (χ0v) is 19.7. The van der Waals surface area contributed by atoms with Gasteiger partial charge in [-0.1, -0.05) is 12.1 Å².